The second-order valence-electron chi connectivity index (χ2n) is 5.08. The lowest BCUT2D eigenvalue weighted by molar-refractivity contribution is 0.398. The van der Waals surface area contributed by atoms with Crippen LogP contribution in [0.3, 0.4) is 0 Å². The third-order valence-electron chi connectivity index (χ3n) is 3.56. The van der Waals surface area contributed by atoms with Crippen molar-refractivity contribution in [3.05, 3.63) is 61.2 Å². The Kier molecular flexibility index (Phi) is 3.51. The van der Waals surface area contributed by atoms with Crippen molar-refractivity contribution < 1.29 is 4.74 Å². The van der Waals surface area contributed by atoms with Crippen LogP contribution in [0.2, 0.25) is 0 Å². The van der Waals surface area contributed by atoms with Crippen LogP contribution in [-0.2, 0) is 0 Å². The molecule has 4 aromatic heterocycles. The average Bonchev–Trinajstić information content (AvgIpc) is 3.05. The quantitative estimate of drug-likeness (QED) is 0.623. The zero-order valence-corrected chi connectivity index (χ0v) is 12.9. The van der Waals surface area contributed by atoms with E-state index in [0.29, 0.717) is 5.88 Å². The number of aromatic nitrogens is 5. The number of nitrogens with one attached hydrogen (secondary N) is 1. The summed E-state index contributed by atoms with van der Waals surface area (Å²) in [6.07, 6.45) is 6.94. The van der Waals surface area contributed by atoms with Gasteiger partial charge in [0.15, 0.2) is 11.5 Å². The lowest BCUT2D eigenvalue weighted by atomic mass is 10.2. The van der Waals surface area contributed by atoms with Gasteiger partial charge in [0.05, 0.1) is 19.0 Å². The van der Waals surface area contributed by atoms with E-state index < -0.39 is 0 Å². The van der Waals surface area contributed by atoms with Crippen molar-refractivity contribution >= 4 is 17.2 Å². The van der Waals surface area contributed by atoms with Gasteiger partial charge in [0, 0.05) is 35.9 Å². The minimum absolute atomic E-state index is 0.572. The molecule has 0 spiro atoms. The lowest BCUT2D eigenvalue weighted by Crippen LogP contribution is -2.00. The molecule has 0 fully saturated rings. The molecule has 0 aliphatic heterocycles. The standard InChI is InChI=1S/C17H14N6O/c1-24-17-5-2-12(10-20-17)14-3-4-15-19-11-16(23(15)22-14)21-13-6-8-18-9-7-13/h2-11H,1H3,(H,18,21). The summed E-state index contributed by atoms with van der Waals surface area (Å²) in [5.41, 5.74) is 3.39. The van der Waals surface area contributed by atoms with Crippen molar-refractivity contribution in [3.63, 3.8) is 0 Å². The van der Waals surface area contributed by atoms with Crippen LogP contribution in [-0.4, -0.2) is 31.7 Å². The molecule has 1 N–H and O–H groups in total. The number of imidazole rings is 1. The summed E-state index contributed by atoms with van der Waals surface area (Å²) in [4.78, 5) is 12.6. The highest BCUT2D eigenvalue weighted by atomic mass is 16.5. The van der Waals surface area contributed by atoms with Gasteiger partial charge in [0.25, 0.3) is 0 Å². The van der Waals surface area contributed by atoms with Gasteiger partial charge in [-0.25, -0.2) is 9.97 Å². The largest absolute Gasteiger partial charge is 0.481 e. The minimum Gasteiger partial charge on any atom is -0.481 e. The first-order chi connectivity index (χ1) is 11.8. The van der Waals surface area contributed by atoms with E-state index in [2.05, 4.69) is 25.4 Å². The lowest BCUT2D eigenvalue weighted by Gasteiger charge is -2.06. The first-order valence-electron chi connectivity index (χ1n) is 7.36. The molecule has 0 aliphatic carbocycles. The zero-order valence-electron chi connectivity index (χ0n) is 12.9. The van der Waals surface area contributed by atoms with E-state index in [1.807, 2.05) is 36.4 Å². The summed E-state index contributed by atoms with van der Waals surface area (Å²) >= 11 is 0. The van der Waals surface area contributed by atoms with E-state index in [-0.39, 0.29) is 0 Å². The number of hydrogen-bond acceptors (Lipinski definition) is 6. The fourth-order valence-electron chi connectivity index (χ4n) is 2.35. The van der Waals surface area contributed by atoms with Gasteiger partial charge < -0.3 is 10.1 Å². The summed E-state index contributed by atoms with van der Waals surface area (Å²) < 4.78 is 6.85. The number of hydrogen-bond donors (Lipinski definition) is 1. The Hall–Kier alpha value is -3.48. The van der Waals surface area contributed by atoms with Gasteiger partial charge in [-0.2, -0.15) is 9.61 Å². The van der Waals surface area contributed by atoms with Crippen molar-refractivity contribution in [1.82, 2.24) is 24.6 Å². The Morgan fingerprint density at radius 1 is 0.958 bits per heavy atom. The Morgan fingerprint density at radius 3 is 2.58 bits per heavy atom. The maximum Gasteiger partial charge on any atom is 0.212 e. The summed E-state index contributed by atoms with van der Waals surface area (Å²) in [7, 11) is 1.59. The molecule has 0 atom stereocenters. The first-order valence-corrected chi connectivity index (χ1v) is 7.36. The molecule has 7 nitrogen and oxygen atoms in total. The summed E-state index contributed by atoms with van der Waals surface area (Å²) in [6.45, 7) is 0. The van der Waals surface area contributed by atoms with Crippen LogP contribution in [0.1, 0.15) is 0 Å². The number of methoxy groups -OCH3 is 1. The highest BCUT2D eigenvalue weighted by Gasteiger charge is 2.08. The number of fused-ring (bicyclic) bond motifs is 1. The first kappa shape index (κ1) is 14.1. The van der Waals surface area contributed by atoms with Gasteiger partial charge in [-0.15, -0.1) is 0 Å². The van der Waals surface area contributed by atoms with Gasteiger partial charge in [0.1, 0.15) is 0 Å². The van der Waals surface area contributed by atoms with Gasteiger partial charge >= 0.3 is 0 Å². The molecule has 7 heteroatoms. The molecule has 0 saturated heterocycles. The van der Waals surface area contributed by atoms with Crippen LogP contribution in [0.5, 0.6) is 5.88 Å². The van der Waals surface area contributed by atoms with Crippen molar-refractivity contribution in [2.45, 2.75) is 0 Å². The normalized spacial score (nSPS) is 10.7. The van der Waals surface area contributed by atoms with E-state index in [0.717, 1.165) is 28.4 Å². The molecule has 4 rings (SSSR count). The van der Waals surface area contributed by atoms with Crippen LogP contribution in [0.25, 0.3) is 16.9 Å². The molecule has 0 amide bonds. The molecular weight excluding hydrogens is 304 g/mol. The monoisotopic (exact) mass is 318 g/mol. The third kappa shape index (κ3) is 2.63. The number of anilines is 2. The summed E-state index contributed by atoms with van der Waals surface area (Å²) in [5.74, 6) is 1.35. The van der Waals surface area contributed by atoms with Crippen molar-refractivity contribution in [2.75, 3.05) is 12.4 Å². The molecular formula is C17H14N6O. The summed E-state index contributed by atoms with van der Waals surface area (Å²) in [6, 6.07) is 11.3. The fourth-order valence-corrected chi connectivity index (χ4v) is 2.35. The maximum absolute atomic E-state index is 5.09. The van der Waals surface area contributed by atoms with Crippen LogP contribution in [0.4, 0.5) is 11.5 Å². The molecule has 0 aliphatic rings. The minimum atomic E-state index is 0.572. The van der Waals surface area contributed by atoms with Crippen molar-refractivity contribution in [3.8, 4) is 17.1 Å². The molecule has 4 aromatic rings. The Bertz CT molecular complexity index is 965. The predicted molar refractivity (Wildman–Crippen MR) is 90.3 cm³/mol. The van der Waals surface area contributed by atoms with Crippen molar-refractivity contribution in [1.29, 1.82) is 0 Å². The van der Waals surface area contributed by atoms with Crippen LogP contribution in [0.15, 0.2) is 61.2 Å². The second kappa shape index (κ2) is 5.96. The Labute approximate surface area is 138 Å². The smallest absolute Gasteiger partial charge is 0.212 e. The number of rotatable bonds is 4. The van der Waals surface area contributed by atoms with E-state index in [1.54, 1.807) is 36.4 Å². The van der Waals surface area contributed by atoms with E-state index in [9.17, 15) is 0 Å². The van der Waals surface area contributed by atoms with Gasteiger partial charge in [0.2, 0.25) is 5.88 Å². The van der Waals surface area contributed by atoms with Gasteiger partial charge in [-0.3, -0.25) is 4.98 Å². The molecule has 0 radical (unpaired) electrons. The topological polar surface area (TPSA) is 77.2 Å². The van der Waals surface area contributed by atoms with Gasteiger partial charge in [-0.05, 0) is 30.3 Å². The van der Waals surface area contributed by atoms with E-state index in [1.165, 1.54) is 0 Å². The molecule has 0 saturated carbocycles. The summed E-state index contributed by atoms with van der Waals surface area (Å²) in [5, 5.41) is 7.94. The second-order valence-corrected chi connectivity index (χ2v) is 5.08. The highest BCUT2D eigenvalue weighted by molar-refractivity contribution is 5.63. The third-order valence-corrected chi connectivity index (χ3v) is 3.56. The average molecular weight is 318 g/mol. The molecule has 0 bridgehead atoms. The molecule has 0 aromatic carbocycles. The van der Waals surface area contributed by atoms with E-state index in [4.69, 9.17) is 4.74 Å². The Morgan fingerprint density at radius 2 is 1.83 bits per heavy atom. The highest BCUT2D eigenvalue weighted by Crippen LogP contribution is 2.21. The van der Waals surface area contributed by atoms with Crippen LogP contribution < -0.4 is 10.1 Å². The Balaban J connectivity index is 1.72. The van der Waals surface area contributed by atoms with Crippen LogP contribution in [0, 0.1) is 0 Å². The molecule has 24 heavy (non-hydrogen) atoms. The molecule has 4 heterocycles. The molecule has 0 unspecified atom stereocenters. The number of pyridine rings is 2. The maximum atomic E-state index is 5.09. The van der Waals surface area contributed by atoms with Crippen LogP contribution >= 0.6 is 0 Å². The molecule has 118 valence electrons. The van der Waals surface area contributed by atoms with E-state index >= 15 is 0 Å². The SMILES string of the molecule is COc1ccc(-c2ccc3ncc(Nc4ccncc4)n3n2)cn1. The fraction of sp³-hybridized carbons (Fsp3) is 0.0588. The number of ether oxygens (including phenoxy) is 1. The zero-order chi connectivity index (χ0) is 16.4. The predicted octanol–water partition coefficient (Wildman–Crippen LogP) is 2.94. The number of nitrogens with zero attached hydrogens (tertiary/aromatic N) is 5. The van der Waals surface area contributed by atoms with Gasteiger partial charge in [-0.1, -0.05) is 0 Å². The van der Waals surface area contributed by atoms with Crippen molar-refractivity contribution in [2.24, 2.45) is 0 Å².